The highest BCUT2D eigenvalue weighted by Crippen LogP contribution is 2.15. The number of hydrogen-bond acceptors (Lipinski definition) is 3. The maximum Gasteiger partial charge on any atom is 0.185 e. The van der Waals surface area contributed by atoms with Crippen molar-refractivity contribution in [3.8, 4) is 12.1 Å². The molecule has 0 radical (unpaired) electrons. The predicted molar refractivity (Wildman–Crippen MR) is 51.7 cm³/mol. The first-order chi connectivity index (χ1) is 6.26. The average Bonchev–Trinajstić information content (AvgIpc) is 2.59. The number of halogens is 1. The number of rotatable bonds is 0. The molecule has 13 heavy (non-hydrogen) atoms. The van der Waals surface area contributed by atoms with Crippen LogP contribution >= 0.6 is 22.6 Å². The first-order valence-electron chi connectivity index (χ1n) is 3.33. The number of hydrogen-bond donors (Lipinski definition) is 1. The van der Waals surface area contributed by atoms with Gasteiger partial charge in [0.15, 0.2) is 9.48 Å². The van der Waals surface area contributed by atoms with Gasteiger partial charge in [-0.15, -0.1) is 0 Å². The molecule has 0 amide bonds. The zero-order valence-corrected chi connectivity index (χ0v) is 8.40. The highest BCUT2D eigenvalue weighted by Gasteiger charge is 2.12. The van der Waals surface area contributed by atoms with Gasteiger partial charge in [0.25, 0.3) is 0 Å². The van der Waals surface area contributed by atoms with E-state index in [0.717, 1.165) is 0 Å². The molecule has 2 aromatic heterocycles. The third-order valence-electron chi connectivity index (χ3n) is 1.63. The summed E-state index contributed by atoms with van der Waals surface area (Å²) < 4.78 is 2.26. The SMILES string of the molecule is N#Cc1cn2[nH]c(I)nc2c1C#N. The topological polar surface area (TPSA) is 80.7 Å². The Morgan fingerprint density at radius 3 is 2.85 bits per heavy atom. The number of nitrogens with one attached hydrogen (secondary N) is 1. The van der Waals surface area contributed by atoms with Crippen molar-refractivity contribution in [3.05, 3.63) is 21.2 Å². The molecule has 0 unspecified atom stereocenters. The summed E-state index contributed by atoms with van der Waals surface area (Å²) >= 11 is 2.01. The molecule has 2 aromatic rings. The van der Waals surface area contributed by atoms with Crippen molar-refractivity contribution >= 4 is 28.2 Å². The molecule has 2 rings (SSSR count). The maximum atomic E-state index is 8.77. The Labute approximate surface area is 86.7 Å². The number of H-pyrrole nitrogens is 1. The van der Waals surface area contributed by atoms with Gasteiger partial charge < -0.3 is 0 Å². The number of fused-ring (bicyclic) bond motifs is 1. The standard InChI is InChI=1S/C7H2IN5/c8-7-11-6-5(2-10)4(1-9)3-13(6)12-7/h3H,(H,11,12). The number of aromatic nitrogens is 3. The minimum Gasteiger partial charge on any atom is -0.271 e. The van der Waals surface area contributed by atoms with Gasteiger partial charge >= 0.3 is 0 Å². The summed E-state index contributed by atoms with van der Waals surface area (Å²) in [6, 6.07) is 3.89. The van der Waals surface area contributed by atoms with Crippen LogP contribution in [0.5, 0.6) is 0 Å². The van der Waals surface area contributed by atoms with Crippen molar-refractivity contribution in [1.29, 1.82) is 10.5 Å². The summed E-state index contributed by atoms with van der Waals surface area (Å²) in [5, 5.41) is 20.3. The largest absolute Gasteiger partial charge is 0.271 e. The molecule has 62 valence electrons. The van der Waals surface area contributed by atoms with Gasteiger partial charge in [0, 0.05) is 28.8 Å². The second-order valence-corrected chi connectivity index (χ2v) is 3.37. The van der Waals surface area contributed by atoms with Crippen LogP contribution in [0.2, 0.25) is 0 Å². The highest BCUT2D eigenvalue weighted by molar-refractivity contribution is 14.1. The monoisotopic (exact) mass is 283 g/mol. The van der Waals surface area contributed by atoms with E-state index in [1.165, 1.54) is 0 Å². The fourth-order valence-electron chi connectivity index (χ4n) is 1.10. The summed E-state index contributed by atoms with van der Waals surface area (Å²) in [4.78, 5) is 4.07. The minimum absolute atomic E-state index is 0.321. The lowest BCUT2D eigenvalue weighted by Crippen LogP contribution is -1.79. The van der Waals surface area contributed by atoms with Crippen LogP contribution in [-0.2, 0) is 0 Å². The van der Waals surface area contributed by atoms with Crippen LogP contribution in [0.25, 0.3) is 5.65 Å². The molecule has 0 bridgehead atoms. The van der Waals surface area contributed by atoms with Gasteiger partial charge in [0.1, 0.15) is 17.7 Å². The normalized spacial score (nSPS) is 9.77. The molecule has 0 fully saturated rings. The van der Waals surface area contributed by atoms with Crippen LogP contribution in [-0.4, -0.2) is 14.6 Å². The number of nitrogens with zero attached hydrogens (tertiary/aromatic N) is 4. The van der Waals surface area contributed by atoms with E-state index in [4.69, 9.17) is 10.5 Å². The van der Waals surface area contributed by atoms with Crippen LogP contribution in [0.3, 0.4) is 0 Å². The van der Waals surface area contributed by atoms with Crippen LogP contribution in [0.1, 0.15) is 11.1 Å². The van der Waals surface area contributed by atoms with E-state index >= 15 is 0 Å². The summed E-state index contributed by atoms with van der Waals surface area (Å²) in [7, 11) is 0. The van der Waals surface area contributed by atoms with Gasteiger partial charge in [-0.1, -0.05) is 0 Å². The molecular formula is C7H2IN5. The fraction of sp³-hybridized carbons (Fsp3) is 0. The molecule has 0 aromatic carbocycles. The molecule has 6 heteroatoms. The summed E-state index contributed by atoms with van der Waals surface area (Å²) in [6.45, 7) is 0. The van der Waals surface area contributed by atoms with Gasteiger partial charge in [-0.25, -0.2) is 9.50 Å². The first kappa shape index (κ1) is 8.08. The Balaban J connectivity index is 2.89. The minimum atomic E-state index is 0.321. The van der Waals surface area contributed by atoms with Crippen molar-refractivity contribution < 1.29 is 0 Å². The van der Waals surface area contributed by atoms with Gasteiger partial charge in [-0.3, -0.25) is 5.10 Å². The number of aromatic amines is 1. The van der Waals surface area contributed by atoms with Gasteiger partial charge in [0.2, 0.25) is 0 Å². The molecule has 2 heterocycles. The molecule has 0 aliphatic carbocycles. The van der Waals surface area contributed by atoms with Crippen LogP contribution in [0.15, 0.2) is 6.20 Å². The molecule has 0 saturated heterocycles. The Hall–Kier alpha value is -1.54. The van der Waals surface area contributed by atoms with Gasteiger partial charge in [0.05, 0.1) is 5.56 Å². The van der Waals surface area contributed by atoms with Crippen LogP contribution in [0.4, 0.5) is 0 Å². The molecular weight excluding hydrogens is 281 g/mol. The molecule has 0 atom stereocenters. The van der Waals surface area contributed by atoms with E-state index in [-0.39, 0.29) is 0 Å². The van der Waals surface area contributed by atoms with E-state index in [1.807, 2.05) is 34.7 Å². The van der Waals surface area contributed by atoms with Crippen molar-refractivity contribution in [2.75, 3.05) is 0 Å². The first-order valence-corrected chi connectivity index (χ1v) is 4.41. The molecule has 0 aliphatic heterocycles. The van der Waals surface area contributed by atoms with E-state index in [0.29, 0.717) is 20.6 Å². The van der Waals surface area contributed by atoms with Crippen molar-refractivity contribution in [1.82, 2.24) is 14.6 Å². The Morgan fingerprint density at radius 2 is 2.23 bits per heavy atom. The second kappa shape index (κ2) is 2.75. The molecule has 5 nitrogen and oxygen atoms in total. The fourth-order valence-corrected chi connectivity index (χ4v) is 1.59. The Morgan fingerprint density at radius 1 is 1.46 bits per heavy atom. The summed E-state index contributed by atoms with van der Waals surface area (Å²) in [5.74, 6) is 0. The number of nitriles is 2. The second-order valence-electron chi connectivity index (χ2n) is 2.35. The summed E-state index contributed by atoms with van der Waals surface area (Å²) in [5.41, 5.74) is 1.17. The Bertz CT molecular complexity index is 550. The third-order valence-corrected chi connectivity index (χ3v) is 2.11. The highest BCUT2D eigenvalue weighted by atomic mass is 127. The predicted octanol–water partition coefficient (Wildman–Crippen LogP) is 1.01. The van der Waals surface area contributed by atoms with E-state index in [1.54, 1.807) is 10.7 Å². The molecule has 0 spiro atoms. The van der Waals surface area contributed by atoms with Crippen molar-refractivity contribution in [2.24, 2.45) is 0 Å². The maximum absolute atomic E-state index is 8.77. The lowest BCUT2D eigenvalue weighted by atomic mass is 10.2. The van der Waals surface area contributed by atoms with Crippen molar-refractivity contribution in [3.63, 3.8) is 0 Å². The molecule has 0 saturated carbocycles. The van der Waals surface area contributed by atoms with Crippen molar-refractivity contribution in [2.45, 2.75) is 0 Å². The zero-order valence-electron chi connectivity index (χ0n) is 6.24. The molecule has 0 aliphatic rings. The zero-order chi connectivity index (χ0) is 9.42. The van der Waals surface area contributed by atoms with E-state index in [9.17, 15) is 0 Å². The van der Waals surface area contributed by atoms with E-state index < -0.39 is 0 Å². The van der Waals surface area contributed by atoms with Gasteiger partial charge in [-0.05, 0) is 0 Å². The average molecular weight is 283 g/mol. The quantitative estimate of drug-likeness (QED) is 0.733. The third kappa shape index (κ3) is 1.07. The molecule has 1 N–H and O–H groups in total. The smallest absolute Gasteiger partial charge is 0.185 e. The lowest BCUT2D eigenvalue weighted by Gasteiger charge is -1.78. The van der Waals surface area contributed by atoms with Gasteiger partial charge in [-0.2, -0.15) is 10.5 Å². The Kier molecular flexibility index (Phi) is 1.71. The van der Waals surface area contributed by atoms with Crippen LogP contribution < -0.4 is 0 Å². The van der Waals surface area contributed by atoms with E-state index in [2.05, 4.69) is 10.1 Å². The van der Waals surface area contributed by atoms with Crippen LogP contribution in [0, 0.1) is 26.5 Å². The summed E-state index contributed by atoms with van der Waals surface area (Å²) in [6.07, 6.45) is 1.56. The lowest BCUT2D eigenvalue weighted by molar-refractivity contribution is 0.954.